The van der Waals surface area contributed by atoms with Crippen LogP contribution in [0.25, 0.3) is 0 Å². The van der Waals surface area contributed by atoms with Crippen LogP contribution in [0.1, 0.15) is 39.5 Å². The summed E-state index contributed by atoms with van der Waals surface area (Å²) in [6, 6.07) is 0. The van der Waals surface area contributed by atoms with Gasteiger partial charge in [-0.15, -0.1) is 0 Å². The molecule has 0 heterocycles. The quantitative estimate of drug-likeness (QED) is 0.442. The Labute approximate surface area is 106 Å². The lowest BCUT2D eigenvalue weighted by molar-refractivity contribution is -0.167. The molecular weight excluding hydrogens is 268 g/mol. The predicted octanol–water partition coefficient (Wildman–Crippen LogP) is 3.45. The number of carbonyl (C=O) groups is 1. The van der Waals surface area contributed by atoms with Crippen molar-refractivity contribution in [3.8, 4) is 0 Å². The average molecular weight is 287 g/mol. The molecule has 0 aliphatic heterocycles. The minimum Gasteiger partial charge on any atom is -0.458 e. The number of hydrogen-bond acceptors (Lipinski definition) is 2. The molecule has 0 amide bonds. The fraction of sp³-hybridized carbons (Fsp3) is 0.769. The van der Waals surface area contributed by atoms with E-state index < -0.39 is 0 Å². The van der Waals surface area contributed by atoms with Gasteiger partial charge in [0.2, 0.25) is 0 Å². The van der Waals surface area contributed by atoms with Crippen molar-refractivity contribution in [2.75, 3.05) is 5.33 Å². The molecule has 3 unspecified atom stereocenters. The number of ether oxygens (including phenoxy) is 1. The third-order valence-corrected chi connectivity index (χ3v) is 4.66. The van der Waals surface area contributed by atoms with Crippen molar-refractivity contribution < 1.29 is 9.53 Å². The van der Waals surface area contributed by atoms with Crippen molar-refractivity contribution in [3.05, 3.63) is 11.6 Å². The monoisotopic (exact) mass is 286 g/mol. The molecule has 0 aromatic rings. The maximum atomic E-state index is 11.5. The second-order valence-electron chi connectivity index (χ2n) is 5.20. The standard InChI is InChI=1S/C13H19BrO2/c1-9-6-10-4-3-5-11(7-10)13(9,2)16-12(15)8-14/h6,9,11H,3-5,7-8H2,1-2H3. The zero-order chi connectivity index (χ0) is 11.8. The highest BCUT2D eigenvalue weighted by atomic mass is 79.9. The van der Waals surface area contributed by atoms with Gasteiger partial charge < -0.3 is 4.74 Å². The molecule has 0 aromatic heterocycles. The summed E-state index contributed by atoms with van der Waals surface area (Å²) >= 11 is 3.16. The van der Waals surface area contributed by atoms with Gasteiger partial charge in [-0.3, -0.25) is 4.79 Å². The number of halogens is 1. The van der Waals surface area contributed by atoms with E-state index in [1.807, 2.05) is 0 Å². The van der Waals surface area contributed by atoms with Crippen LogP contribution in [-0.4, -0.2) is 16.9 Å². The fourth-order valence-electron chi connectivity index (χ4n) is 3.08. The summed E-state index contributed by atoms with van der Waals surface area (Å²) in [6.07, 6.45) is 7.11. The topological polar surface area (TPSA) is 26.3 Å². The Kier molecular flexibility index (Phi) is 3.43. The van der Waals surface area contributed by atoms with E-state index in [0.29, 0.717) is 17.2 Å². The molecule has 2 aliphatic carbocycles. The van der Waals surface area contributed by atoms with Gasteiger partial charge in [-0.2, -0.15) is 0 Å². The first-order valence-electron chi connectivity index (χ1n) is 6.03. The van der Waals surface area contributed by atoms with Gasteiger partial charge in [0.25, 0.3) is 0 Å². The van der Waals surface area contributed by atoms with E-state index in [1.165, 1.54) is 19.3 Å². The molecule has 2 rings (SSSR count). The second-order valence-corrected chi connectivity index (χ2v) is 5.76. The van der Waals surface area contributed by atoms with E-state index in [1.54, 1.807) is 5.57 Å². The second kappa shape index (κ2) is 4.52. The smallest absolute Gasteiger partial charge is 0.317 e. The van der Waals surface area contributed by atoms with E-state index in [4.69, 9.17) is 4.74 Å². The van der Waals surface area contributed by atoms with Crippen molar-refractivity contribution >= 4 is 21.9 Å². The van der Waals surface area contributed by atoms with Crippen LogP contribution < -0.4 is 0 Å². The zero-order valence-corrected chi connectivity index (χ0v) is 11.5. The third kappa shape index (κ3) is 2.06. The predicted molar refractivity (Wildman–Crippen MR) is 67.5 cm³/mol. The highest BCUT2D eigenvalue weighted by Crippen LogP contribution is 2.46. The van der Waals surface area contributed by atoms with Gasteiger partial charge in [-0.25, -0.2) is 0 Å². The summed E-state index contributed by atoms with van der Waals surface area (Å²) < 4.78 is 5.70. The van der Waals surface area contributed by atoms with Crippen LogP contribution in [0.2, 0.25) is 0 Å². The van der Waals surface area contributed by atoms with E-state index >= 15 is 0 Å². The minimum absolute atomic E-state index is 0.142. The Bertz CT molecular complexity index is 324. The van der Waals surface area contributed by atoms with Crippen molar-refractivity contribution in [2.24, 2.45) is 11.8 Å². The van der Waals surface area contributed by atoms with Crippen molar-refractivity contribution in [1.29, 1.82) is 0 Å². The molecule has 0 spiro atoms. The number of rotatable bonds is 2. The molecule has 1 saturated carbocycles. The van der Waals surface area contributed by atoms with Crippen molar-refractivity contribution in [2.45, 2.75) is 45.1 Å². The van der Waals surface area contributed by atoms with Gasteiger partial charge >= 0.3 is 5.97 Å². The number of allylic oxidation sites excluding steroid dienone is 1. The van der Waals surface area contributed by atoms with Crippen LogP contribution in [0.4, 0.5) is 0 Å². The molecule has 2 nitrogen and oxygen atoms in total. The van der Waals surface area contributed by atoms with Crippen LogP contribution in [0, 0.1) is 11.8 Å². The molecule has 90 valence electrons. The molecule has 2 bridgehead atoms. The fourth-order valence-corrected chi connectivity index (χ4v) is 3.19. The first kappa shape index (κ1) is 12.2. The number of hydrogen-bond donors (Lipinski definition) is 0. The normalized spacial score (nSPS) is 37.8. The number of carbonyl (C=O) groups excluding carboxylic acids is 1. The summed E-state index contributed by atoms with van der Waals surface area (Å²) in [5, 5.41) is 0.290. The average Bonchev–Trinajstić information content (AvgIpc) is 2.27. The lowest BCUT2D eigenvalue weighted by atomic mass is 9.65. The Morgan fingerprint density at radius 3 is 3.12 bits per heavy atom. The largest absolute Gasteiger partial charge is 0.458 e. The molecule has 0 radical (unpaired) electrons. The Morgan fingerprint density at radius 1 is 1.69 bits per heavy atom. The summed E-state index contributed by atoms with van der Waals surface area (Å²) in [7, 11) is 0. The summed E-state index contributed by atoms with van der Waals surface area (Å²) in [5.41, 5.74) is 1.27. The van der Waals surface area contributed by atoms with Crippen LogP contribution >= 0.6 is 15.9 Å². The van der Waals surface area contributed by atoms with Gasteiger partial charge in [-0.1, -0.05) is 34.5 Å². The zero-order valence-electron chi connectivity index (χ0n) is 9.96. The molecule has 0 aromatic carbocycles. The molecule has 3 atom stereocenters. The van der Waals surface area contributed by atoms with E-state index in [0.717, 1.165) is 6.42 Å². The van der Waals surface area contributed by atoms with Gasteiger partial charge in [0.05, 0.1) is 0 Å². The summed E-state index contributed by atoms with van der Waals surface area (Å²) in [6.45, 7) is 4.26. The third-order valence-electron chi connectivity index (χ3n) is 4.20. The summed E-state index contributed by atoms with van der Waals surface area (Å²) in [5.74, 6) is 0.709. The van der Waals surface area contributed by atoms with Crippen molar-refractivity contribution in [3.63, 3.8) is 0 Å². The van der Waals surface area contributed by atoms with E-state index in [2.05, 4.69) is 35.9 Å². The van der Waals surface area contributed by atoms with E-state index in [9.17, 15) is 4.79 Å². The highest BCUT2D eigenvalue weighted by molar-refractivity contribution is 9.09. The number of fused-ring (bicyclic) bond motifs is 2. The lowest BCUT2D eigenvalue weighted by Crippen LogP contribution is -2.48. The molecule has 3 heteroatoms. The van der Waals surface area contributed by atoms with Gasteiger partial charge in [0, 0.05) is 11.8 Å². The van der Waals surface area contributed by atoms with Crippen LogP contribution in [0.5, 0.6) is 0 Å². The van der Waals surface area contributed by atoms with Gasteiger partial charge in [-0.05, 0) is 32.6 Å². The van der Waals surface area contributed by atoms with Gasteiger partial charge in [0.15, 0.2) is 0 Å². The first-order chi connectivity index (χ1) is 7.56. The molecule has 16 heavy (non-hydrogen) atoms. The summed E-state index contributed by atoms with van der Waals surface area (Å²) in [4.78, 5) is 11.5. The first-order valence-corrected chi connectivity index (χ1v) is 7.15. The lowest BCUT2D eigenvalue weighted by Gasteiger charge is -2.46. The van der Waals surface area contributed by atoms with Crippen molar-refractivity contribution in [1.82, 2.24) is 0 Å². The maximum absolute atomic E-state index is 11.5. The number of esters is 1. The van der Waals surface area contributed by atoms with Crippen LogP contribution in [0.15, 0.2) is 11.6 Å². The molecular formula is C13H19BrO2. The molecule has 2 aliphatic rings. The minimum atomic E-state index is -0.297. The maximum Gasteiger partial charge on any atom is 0.317 e. The molecule has 0 saturated heterocycles. The Hall–Kier alpha value is -0.310. The molecule has 0 N–H and O–H groups in total. The Balaban J connectivity index is 2.21. The Morgan fingerprint density at radius 2 is 2.44 bits per heavy atom. The SMILES string of the molecule is CC1C=C2CCCC(C2)C1(C)OC(=O)CBr. The van der Waals surface area contributed by atoms with Crippen LogP contribution in [0.3, 0.4) is 0 Å². The highest BCUT2D eigenvalue weighted by Gasteiger charge is 2.45. The number of alkyl halides is 1. The van der Waals surface area contributed by atoms with Gasteiger partial charge in [0.1, 0.15) is 10.9 Å². The molecule has 1 fully saturated rings. The van der Waals surface area contributed by atoms with Crippen LogP contribution in [-0.2, 0) is 9.53 Å². The van der Waals surface area contributed by atoms with E-state index in [-0.39, 0.29) is 11.6 Å².